The molecule has 0 fully saturated rings. The summed E-state index contributed by atoms with van der Waals surface area (Å²) < 4.78 is -0.0495. The number of nitrogens with one attached hydrogen (secondary N) is 1. The van der Waals surface area contributed by atoms with Crippen molar-refractivity contribution in [2.45, 2.75) is 37.8 Å². The lowest BCUT2D eigenvalue weighted by atomic mass is 9.87. The van der Waals surface area contributed by atoms with Gasteiger partial charge in [-0.1, -0.05) is 67.6 Å². The van der Waals surface area contributed by atoms with Crippen molar-refractivity contribution in [1.29, 1.82) is 0 Å². The molecule has 32 heavy (non-hydrogen) atoms. The Kier molecular flexibility index (Phi) is 9.75. The van der Waals surface area contributed by atoms with Gasteiger partial charge < -0.3 is 15.5 Å². The fraction of sp³-hybridized carbons (Fsp3) is 0.440. The molecule has 2 rings (SSSR count). The van der Waals surface area contributed by atoms with Gasteiger partial charge in [-0.2, -0.15) is 11.8 Å². The zero-order chi connectivity index (χ0) is 23.6. The van der Waals surface area contributed by atoms with Gasteiger partial charge in [0.2, 0.25) is 5.91 Å². The number of hydrogen-bond acceptors (Lipinski definition) is 5. The highest BCUT2D eigenvalue weighted by atomic mass is 32.2. The van der Waals surface area contributed by atoms with Crippen molar-refractivity contribution < 1.29 is 19.6 Å². The molecule has 0 aliphatic rings. The van der Waals surface area contributed by atoms with Crippen LogP contribution in [0.4, 0.5) is 0 Å². The molecule has 0 heterocycles. The maximum Gasteiger partial charge on any atom is 0.221 e. The predicted molar refractivity (Wildman–Crippen MR) is 130 cm³/mol. The summed E-state index contributed by atoms with van der Waals surface area (Å²) in [5.41, 5.74) is 0.597. The largest absolute Gasteiger partial charge is 0.856 e. The summed E-state index contributed by atoms with van der Waals surface area (Å²) in [5.74, 6) is 0.148. The summed E-state index contributed by atoms with van der Waals surface area (Å²) in [6.45, 7) is 2.13. The van der Waals surface area contributed by atoms with Crippen molar-refractivity contribution in [3.05, 3.63) is 71.8 Å². The first kappa shape index (κ1) is 25.9. The van der Waals surface area contributed by atoms with Crippen LogP contribution in [-0.2, 0) is 11.2 Å². The van der Waals surface area contributed by atoms with Crippen molar-refractivity contribution >= 4 is 23.6 Å². The molecule has 0 aliphatic heterocycles. The van der Waals surface area contributed by atoms with Crippen LogP contribution in [0.5, 0.6) is 0 Å². The third kappa shape index (κ3) is 7.65. The number of nitrogens with zero attached hydrogens (tertiary/aromatic N) is 2. The van der Waals surface area contributed by atoms with Gasteiger partial charge in [-0.15, -0.1) is 5.10 Å². The lowest BCUT2D eigenvalue weighted by molar-refractivity contribution is -0.902. The lowest BCUT2D eigenvalue weighted by Crippen LogP contribution is -2.61. The highest BCUT2D eigenvalue weighted by Crippen LogP contribution is 2.22. The third-order valence-electron chi connectivity index (χ3n) is 5.44. The first-order valence-electron chi connectivity index (χ1n) is 10.9. The molecule has 1 amide bonds. The Balaban J connectivity index is 2.32. The fourth-order valence-electron chi connectivity index (χ4n) is 3.59. The molecule has 2 N–H and O–H groups in total. The standard InChI is InChI=1S/C25H35N3O3S/c1-5-25(26-23(30)16-17-32-4,18-20-12-8-6-9-13-20)24(31)27-28(2,3)19-22(29)21-14-10-7-11-15-21/h6-15,22,29H,5,16-19H2,1-4H3,(H-,26,27,30,31)/t22?,25-/m1/s1. The van der Waals surface area contributed by atoms with Crippen LogP contribution in [0.15, 0.2) is 65.8 Å². The maximum atomic E-state index is 13.6. The van der Waals surface area contributed by atoms with Crippen molar-refractivity contribution in [2.24, 2.45) is 5.10 Å². The van der Waals surface area contributed by atoms with Gasteiger partial charge in [0.05, 0.1) is 19.6 Å². The first-order chi connectivity index (χ1) is 15.2. The van der Waals surface area contributed by atoms with Crippen LogP contribution in [0.2, 0.25) is 0 Å². The average Bonchev–Trinajstić information content (AvgIpc) is 2.77. The second-order valence-corrected chi connectivity index (χ2v) is 9.51. The van der Waals surface area contributed by atoms with E-state index < -0.39 is 11.6 Å². The van der Waals surface area contributed by atoms with E-state index in [9.17, 15) is 15.0 Å². The van der Waals surface area contributed by atoms with Gasteiger partial charge in [-0.25, -0.2) is 4.59 Å². The van der Waals surface area contributed by atoms with Crippen LogP contribution >= 0.6 is 11.8 Å². The first-order valence-corrected chi connectivity index (χ1v) is 12.3. The van der Waals surface area contributed by atoms with Crippen LogP contribution in [0.25, 0.3) is 0 Å². The van der Waals surface area contributed by atoms with Gasteiger partial charge in [-0.3, -0.25) is 4.79 Å². The number of thioether (sulfide) groups is 1. The second-order valence-electron chi connectivity index (χ2n) is 8.52. The SMILES string of the molecule is CC[C@](Cc1ccccc1)(NC(=O)CCSC)C([O-])=N[N+](C)(C)CC(O)c1ccccc1. The third-order valence-corrected chi connectivity index (χ3v) is 6.05. The molecule has 6 nitrogen and oxygen atoms in total. The molecule has 0 aromatic heterocycles. The Hall–Kier alpha value is -2.35. The predicted octanol–water partition coefficient (Wildman–Crippen LogP) is 2.73. The van der Waals surface area contributed by atoms with Crippen molar-refractivity contribution in [3.8, 4) is 0 Å². The van der Waals surface area contributed by atoms with Crippen molar-refractivity contribution in [2.75, 3.05) is 32.6 Å². The van der Waals surface area contributed by atoms with Gasteiger partial charge in [0, 0.05) is 24.5 Å². The molecule has 174 valence electrons. The summed E-state index contributed by atoms with van der Waals surface area (Å²) in [5, 5.41) is 31.7. The lowest BCUT2D eigenvalue weighted by Gasteiger charge is -2.40. The van der Waals surface area contributed by atoms with E-state index in [1.54, 1.807) is 25.9 Å². The molecular formula is C25H35N3O3S. The molecule has 0 saturated carbocycles. The molecule has 2 aromatic carbocycles. The van der Waals surface area contributed by atoms with E-state index in [4.69, 9.17) is 0 Å². The number of hydrogen-bond donors (Lipinski definition) is 2. The number of carbonyl (C=O) groups is 1. The number of quaternary nitrogens is 1. The molecule has 2 aromatic rings. The highest BCUT2D eigenvalue weighted by Gasteiger charge is 2.34. The Morgan fingerprint density at radius 2 is 1.75 bits per heavy atom. The van der Waals surface area contributed by atoms with Gasteiger partial charge in [0.25, 0.3) is 0 Å². The van der Waals surface area contributed by atoms with Gasteiger partial charge in [0.1, 0.15) is 12.6 Å². The number of rotatable bonds is 12. The molecule has 7 heteroatoms. The summed E-state index contributed by atoms with van der Waals surface area (Å²) >= 11 is 1.59. The number of amides is 1. The van der Waals surface area contributed by atoms with Crippen LogP contribution in [0.3, 0.4) is 0 Å². The smallest absolute Gasteiger partial charge is 0.221 e. The molecular weight excluding hydrogens is 422 g/mol. The highest BCUT2D eigenvalue weighted by molar-refractivity contribution is 7.98. The quantitative estimate of drug-likeness (QED) is 0.222. The monoisotopic (exact) mass is 457 g/mol. The topological polar surface area (TPSA) is 84.8 Å². The van der Waals surface area contributed by atoms with Gasteiger partial charge in [-0.05, 0) is 23.8 Å². The zero-order valence-corrected chi connectivity index (χ0v) is 20.3. The van der Waals surface area contributed by atoms with E-state index in [0.717, 1.165) is 11.1 Å². The Bertz CT molecular complexity index is 875. The Morgan fingerprint density at radius 1 is 1.16 bits per heavy atom. The molecule has 0 bridgehead atoms. The van der Waals surface area contributed by atoms with E-state index >= 15 is 0 Å². The number of likely N-dealkylation sites (N-methyl/N-ethyl adjacent to an activating group) is 1. The number of carbonyl (C=O) groups excluding carboxylic acids is 1. The second kappa shape index (κ2) is 12.0. The molecule has 2 atom stereocenters. The van der Waals surface area contributed by atoms with Crippen LogP contribution in [0, 0.1) is 0 Å². The fourth-order valence-corrected chi connectivity index (χ4v) is 3.98. The molecule has 0 spiro atoms. The van der Waals surface area contributed by atoms with Gasteiger partial charge >= 0.3 is 0 Å². The molecule has 1 unspecified atom stereocenters. The summed E-state index contributed by atoms with van der Waals surface area (Å²) in [6, 6.07) is 19.0. The minimum Gasteiger partial charge on any atom is -0.856 e. The van der Waals surface area contributed by atoms with E-state index in [1.807, 2.05) is 73.8 Å². The van der Waals surface area contributed by atoms with E-state index in [-0.39, 0.29) is 22.9 Å². The summed E-state index contributed by atoms with van der Waals surface area (Å²) in [4.78, 5) is 12.6. The minimum atomic E-state index is -1.13. The average molecular weight is 458 g/mol. The number of aliphatic hydroxyl groups excluding tert-OH is 1. The van der Waals surface area contributed by atoms with Gasteiger partial charge in [0.15, 0.2) is 0 Å². The van der Waals surface area contributed by atoms with Crippen molar-refractivity contribution in [1.82, 2.24) is 5.32 Å². The molecule has 0 saturated heterocycles. The van der Waals surface area contributed by atoms with E-state index in [0.29, 0.717) is 25.0 Å². The summed E-state index contributed by atoms with van der Waals surface area (Å²) in [7, 11) is 3.56. The van der Waals surface area contributed by atoms with Crippen LogP contribution < -0.4 is 10.4 Å². The Morgan fingerprint density at radius 3 is 2.31 bits per heavy atom. The van der Waals surface area contributed by atoms with E-state index in [2.05, 4.69) is 10.4 Å². The van der Waals surface area contributed by atoms with Crippen LogP contribution in [0.1, 0.15) is 37.0 Å². The minimum absolute atomic E-state index is 0.0495. The summed E-state index contributed by atoms with van der Waals surface area (Å²) in [6.07, 6.45) is 2.30. The maximum absolute atomic E-state index is 13.6. The Labute approximate surface area is 195 Å². The molecule has 0 aliphatic carbocycles. The number of aliphatic hydroxyl groups is 1. The normalized spacial score (nSPS) is 15.1. The van der Waals surface area contributed by atoms with E-state index in [1.165, 1.54) is 0 Å². The van der Waals surface area contributed by atoms with Crippen molar-refractivity contribution in [3.63, 3.8) is 0 Å². The zero-order valence-electron chi connectivity index (χ0n) is 19.5. The molecule has 0 radical (unpaired) electrons. The van der Waals surface area contributed by atoms with Crippen LogP contribution in [-0.4, -0.2) is 59.7 Å². The number of benzene rings is 2.